The summed E-state index contributed by atoms with van der Waals surface area (Å²) in [6.45, 7) is 6.98. The van der Waals surface area contributed by atoms with Crippen molar-refractivity contribution in [2.45, 2.75) is 27.7 Å². The van der Waals surface area contributed by atoms with E-state index in [0.717, 1.165) is 0 Å². The van der Waals surface area contributed by atoms with E-state index in [2.05, 4.69) is 0 Å². The zero-order chi connectivity index (χ0) is 12.7. The van der Waals surface area contributed by atoms with E-state index in [4.69, 9.17) is 18.1 Å². The maximum absolute atomic E-state index is 12.3. The molecule has 0 atom stereocenters. The van der Waals surface area contributed by atoms with Gasteiger partial charge in [0, 0.05) is 0 Å². The fraction of sp³-hybridized carbons (Fsp3) is 1.00. The van der Waals surface area contributed by atoms with Crippen LogP contribution in [-0.2, 0) is 27.2 Å². The zero-order valence-corrected chi connectivity index (χ0v) is 12.0. The second-order valence-corrected chi connectivity index (χ2v) is 8.45. The molecule has 0 bridgehead atoms. The molecule has 0 saturated heterocycles. The maximum Gasteiger partial charge on any atom is 0.441 e. The van der Waals surface area contributed by atoms with Gasteiger partial charge in [-0.3, -0.25) is 0 Å². The average Bonchev–Trinajstić information content (AvgIpc) is 2.19. The highest BCUT2D eigenvalue weighted by Crippen LogP contribution is 2.83. The van der Waals surface area contributed by atoms with Crippen LogP contribution in [0.5, 0.6) is 0 Å². The van der Waals surface area contributed by atoms with Crippen LogP contribution in [0.15, 0.2) is 0 Å². The van der Waals surface area contributed by atoms with Gasteiger partial charge < -0.3 is 18.1 Å². The van der Waals surface area contributed by atoms with E-state index in [9.17, 15) is 9.13 Å². The molecule has 6 nitrogen and oxygen atoms in total. The van der Waals surface area contributed by atoms with E-state index in [1.54, 1.807) is 27.7 Å². The molecule has 8 heteroatoms. The molecule has 0 fully saturated rings. The van der Waals surface area contributed by atoms with Gasteiger partial charge in [-0.15, -0.1) is 0 Å². The molecule has 0 aliphatic heterocycles. The lowest BCUT2D eigenvalue weighted by Gasteiger charge is -2.24. The first-order chi connectivity index (χ1) is 7.49. The van der Waals surface area contributed by atoms with Crippen molar-refractivity contribution in [3.63, 3.8) is 0 Å². The predicted octanol–water partition coefficient (Wildman–Crippen LogP) is 3.43. The van der Waals surface area contributed by atoms with Gasteiger partial charge >= 0.3 is 14.6 Å². The van der Waals surface area contributed by atoms with Gasteiger partial charge in [-0.2, -0.15) is 0 Å². The molecule has 0 heterocycles. The Morgan fingerprint density at radius 3 is 0.938 bits per heavy atom. The molecule has 0 spiro atoms. The molecule has 0 rings (SSSR count). The van der Waals surface area contributed by atoms with Crippen molar-refractivity contribution in [2.24, 2.45) is 0 Å². The highest BCUT2D eigenvalue weighted by Gasteiger charge is 2.50. The SMILES string of the molecule is CCOP(=O)(OCC)P(=O)(OCC)OCC. The van der Waals surface area contributed by atoms with Crippen LogP contribution in [0.1, 0.15) is 27.7 Å². The maximum atomic E-state index is 12.3. The van der Waals surface area contributed by atoms with Gasteiger partial charge in [-0.25, -0.2) is 9.13 Å². The highest BCUT2D eigenvalue weighted by molar-refractivity contribution is 8.27. The molecule has 0 unspecified atom stereocenters. The molecule has 0 amide bonds. The Kier molecular flexibility index (Phi) is 7.73. The third-order valence-corrected chi connectivity index (χ3v) is 7.59. The van der Waals surface area contributed by atoms with Crippen LogP contribution >= 0.6 is 14.6 Å². The summed E-state index contributed by atoms with van der Waals surface area (Å²) in [5.41, 5.74) is 0. The van der Waals surface area contributed by atoms with Gasteiger partial charge in [0.25, 0.3) is 0 Å². The van der Waals surface area contributed by atoms with Gasteiger partial charge in [-0.1, -0.05) is 0 Å². The lowest BCUT2D eigenvalue weighted by atomic mass is 10.9. The van der Waals surface area contributed by atoms with E-state index < -0.39 is 14.6 Å². The van der Waals surface area contributed by atoms with Gasteiger partial charge in [0.05, 0.1) is 26.4 Å². The van der Waals surface area contributed by atoms with Crippen LogP contribution in [0.4, 0.5) is 0 Å². The van der Waals surface area contributed by atoms with Gasteiger partial charge in [0.15, 0.2) is 0 Å². The number of hydrogen-bond acceptors (Lipinski definition) is 6. The average molecular weight is 274 g/mol. The van der Waals surface area contributed by atoms with Gasteiger partial charge in [-0.05, 0) is 27.7 Å². The summed E-state index contributed by atoms with van der Waals surface area (Å²) in [7, 11) is -7.73. The largest absolute Gasteiger partial charge is 0.441 e. The third-order valence-electron chi connectivity index (χ3n) is 1.47. The van der Waals surface area contributed by atoms with Crippen molar-refractivity contribution in [2.75, 3.05) is 26.4 Å². The summed E-state index contributed by atoms with van der Waals surface area (Å²) in [4.78, 5) is 0. The first kappa shape index (κ1) is 16.3. The molecular formula is C8H20O6P2. The van der Waals surface area contributed by atoms with Gasteiger partial charge in [0.1, 0.15) is 0 Å². The Morgan fingerprint density at radius 2 is 0.812 bits per heavy atom. The lowest BCUT2D eigenvalue weighted by molar-refractivity contribution is 0.192. The van der Waals surface area contributed by atoms with Crippen molar-refractivity contribution in [3.05, 3.63) is 0 Å². The quantitative estimate of drug-likeness (QED) is 0.600. The van der Waals surface area contributed by atoms with Crippen LogP contribution in [0.3, 0.4) is 0 Å². The van der Waals surface area contributed by atoms with E-state index in [0.29, 0.717) is 0 Å². The summed E-state index contributed by atoms with van der Waals surface area (Å²) < 4.78 is 44.4. The lowest BCUT2D eigenvalue weighted by Crippen LogP contribution is -2.03. The van der Waals surface area contributed by atoms with Crippen molar-refractivity contribution < 1.29 is 27.2 Å². The molecule has 0 aromatic carbocycles. The molecule has 0 aliphatic carbocycles. The molecule has 0 N–H and O–H groups in total. The standard InChI is InChI=1S/C8H20O6P2/c1-5-11-15(9,12-6-2)16(10,13-7-3)14-8-4/h5-8H2,1-4H3. The van der Waals surface area contributed by atoms with Crippen LogP contribution < -0.4 is 0 Å². The topological polar surface area (TPSA) is 71.1 Å². The van der Waals surface area contributed by atoms with Crippen LogP contribution in [-0.4, -0.2) is 26.4 Å². The minimum Gasteiger partial charge on any atom is -0.300 e. The fourth-order valence-electron chi connectivity index (χ4n) is 1.01. The predicted molar refractivity (Wildman–Crippen MR) is 61.7 cm³/mol. The van der Waals surface area contributed by atoms with E-state index in [1.807, 2.05) is 0 Å². The Morgan fingerprint density at radius 1 is 0.625 bits per heavy atom. The minimum atomic E-state index is -3.86. The summed E-state index contributed by atoms with van der Waals surface area (Å²) in [5, 5.41) is 0. The second-order valence-electron chi connectivity index (χ2n) is 2.61. The molecule has 98 valence electrons. The number of hydrogen-bond donors (Lipinski definition) is 0. The van der Waals surface area contributed by atoms with Crippen molar-refractivity contribution in [1.29, 1.82) is 0 Å². The molecule has 0 aromatic heterocycles. The third kappa shape index (κ3) is 3.95. The van der Waals surface area contributed by atoms with E-state index in [1.165, 1.54) is 0 Å². The summed E-state index contributed by atoms with van der Waals surface area (Å²) >= 11 is 0. The molecule has 0 radical (unpaired) electrons. The summed E-state index contributed by atoms with van der Waals surface area (Å²) in [5.74, 6) is 0. The fourth-order valence-corrected chi connectivity index (χ4v) is 6.11. The first-order valence-electron chi connectivity index (χ1n) is 5.28. The van der Waals surface area contributed by atoms with Crippen molar-refractivity contribution in [1.82, 2.24) is 0 Å². The molecule has 0 aliphatic rings. The molecule has 0 aromatic rings. The van der Waals surface area contributed by atoms with Crippen LogP contribution in [0.25, 0.3) is 0 Å². The van der Waals surface area contributed by atoms with Crippen molar-refractivity contribution in [3.8, 4) is 0 Å². The second kappa shape index (κ2) is 7.59. The minimum absolute atomic E-state index is 0.113. The molecular weight excluding hydrogens is 254 g/mol. The molecule has 16 heavy (non-hydrogen) atoms. The van der Waals surface area contributed by atoms with E-state index in [-0.39, 0.29) is 26.4 Å². The summed E-state index contributed by atoms with van der Waals surface area (Å²) in [6.07, 6.45) is 0. The van der Waals surface area contributed by atoms with Crippen molar-refractivity contribution >= 4 is 14.6 Å². The Bertz CT molecular complexity index is 232. The number of rotatable bonds is 9. The monoisotopic (exact) mass is 274 g/mol. The smallest absolute Gasteiger partial charge is 0.300 e. The normalized spacial score (nSPS) is 13.0. The van der Waals surface area contributed by atoms with Crippen LogP contribution in [0.2, 0.25) is 0 Å². The Balaban J connectivity index is 5.08. The van der Waals surface area contributed by atoms with E-state index >= 15 is 0 Å². The Labute approximate surface area is 96.6 Å². The van der Waals surface area contributed by atoms with Gasteiger partial charge in [0.2, 0.25) is 0 Å². The summed E-state index contributed by atoms with van der Waals surface area (Å²) in [6, 6.07) is 0. The zero-order valence-electron chi connectivity index (χ0n) is 10.2. The first-order valence-corrected chi connectivity index (χ1v) is 9.07. The highest BCUT2D eigenvalue weighted by atomic mass is 32.1. The van der Waals surface area contributed by atoms with Crippen LogP contribution in [0, 0.1) is 0 Å². The Hall–Kier alpha value is 0.300. The molecule has 0 saturated carbocycles.